The standard InChI is InChI=1S/C29H51N3O11/c1-28(2,3)42-23(34)18-19(25(35)32-11-7-8-21(32)26(36)37)24(31)22(33)10-13-40-15-17-41-16-14-39-12-9-20(30)27(38)43-29(4,5)6/h19-21,24H,7-18,30-31H2,1-6H3,(H,36,37)/t19-,20?,21-,24?/m0/s1. The molecular weight excluding hydrogens is 566 g/mol. The predicted octanol–water partition coefficient (Wildman–Crippen LogP) is 0.805. The van der Waals surface area contributed by atoms with Gasteiger partial charge in [0.05, 0.1) is 51.4 Å². The zero-order valence-electron chi connectivity index (χ0n) is 26.4. The number of ketones is 1. The van der Waals surface area contributed by atoms with Crippen LogP contribution in [0.5, 0.6) is 0 Å². The summed E-state index contributed by atoms with van der Waals surface area (Å²) in [5.74, 6) is -4.74. The Morgan fingerprint density at radius 1 is 0.837 bits per heavy atom. The summed E-state index contributed by atoms with van der Waals surface area (Å²) in [6.45, 7) is 11.8. The number of hydrogen-bond acceptors (Lipinski definition) is 12. The quantitative estimate of drug-likeness (QED) is 0.136. The van der Waals surface area contributed by atoms with Crippen molar-refractivity contribution in [1.29, 1.82) is 0 Å². The molecule has 0 bridgehead atoms. The Morgan fingerprint density at radius 2 is 1.37 bits per heavy atom. The molecule has 14 nitrogen and oxygen atoms in total. The van der Waals surface area contributed by atoms with Crippen LogP contribution in [0.3, 0.4) is 0 Å². The second-order valence-corrected chi connectivity index (χ2v) is 12.4. The second kappa shape index (κ2) is 18.2. The Hall–Kier alpha value is -2.65. The summed E-state index contributed by atoms with van der Waals surface area (Å²) in [4.78, 5) is 63.3. The summed E-state index contributed by atoms with van der Waals surface area (Å²) in [5, 5.41) is 9.49. The van der Waals surface area contributed by atoms with Crippen LogP contribution in [0.2, 0.25) is 0 Å². The van der Waals surface area contributed by atoms with Crippen LogP contribution in [0.4, 0.5) is 0 Å². The van der Waals surface area contributed by atoms with E-state index in [-0.39, 0.29) is 52.4 Å². The lowest BCUT2D eigenvalue weighted by atomic mass is 9.90. The number of carboxylic acid groups (broad SMARTS) is 1. The minimum absolute atomic E-state index is 0.0176. The molecule has 0 spiro atoms. The first-order chi connectivity index (χ1) is 19.9. The molecule has 1 rings (SSSR count). The van der Waals surface area contributed by atoms with Crippen molar-refractivity contribution < 1.29 is 52.8 Å². The van der Waals surface area contributed by atoms with Crippen LogP contribution in [0, 0.1) is 5.92 Å². The van der Waals surface area contributed by atoms with Gasteiger partial charge < -0.3 is 45.2 Å². The monoisotopic (exact) mass is 617 g/mol. The topological polar surface area (TPSA) is 207 Å². The van der Waals surface area contributed by atoms with Crippen LogP contribution in [-0.4, -0.2) is 115 Å². The number of carbonyl (C=O) groups is 5. The van der Waals surface area contributed by atoms with Crippen LogP contribution in [0.15, 0.2) is 0 Å². The summed E-state index contributed by atoms with van der Waals surface area (Å²) >= 11 is 0. The van der Waals surface area contributed by atoms with E-state index in [0.717, 1.165) is 0 Å². The van der Waals surface area contributed by atoms with Crippen molar-refractivity contribution >= 4 is 29.6 Å². The largest absolute Gasteiger partial charge is 0.480 e. The zero-order chi connectivity index (χ0) is 32.8. The first-order valence-electron chi connectivity index (χ1n) is 14.7. The third-order valence-corrected chi connectivity index (χ3v) is 6.27. The van der Waals surface area contributed by atoms with E-state index in [2.05, 4.69) is 0 Å². The second-order valence-electron chi connectivity index (χ2n) is 12.4. The third-order valence-electron chi connectivity index (χ3n) is 6.27. The van der Waals surface area contributed by atoms with Gasteiger partial charge in [-0.25, -0.2) is 4.79 Å². The number of Topliss-reactive ketones (excluding diaryl/α,β-unsaturated/α-hetero) is 1. The first kappa shape index (κ1) is 38.4. The number of rotatable bonds is 19. The Bertz CT molecular complexity index is 930. The summed E-state index contributed by atoms with van der Waals surface area (Å²) < 4.78 is 26.8. The average molecular weight is 618 g/mol. The minimum atomic E-state index is -1.34. The van der Waals surface area contributed by atoms with Gasteiger partial charge in [-0.05, 0) is 60.8 Å². The van der Waals surface area contributed by atoms with Crippen molar-refractivity contribution in [3.8, 4) is 0 Å². The molecule has 4 atom stereocenters. The number of hydrogen-bond donors (Lipinski definition) is 3. The Labute approximate surface area is 254 Å². The SMILES string of the molecule is CC(C)(C)OC(=O)C[C@H](C(=O)N1CCC[C@H]1C(=O)O)C(N)C(=O)CCOCCOCCOCCC(N)C(=O)OC(C)(C)C. The van der Waals surface area contributed by atoms with Gasteiger partial charge in [-0.15, -0.1) is 0 Å². The van der Waals surface area contributed by atoms with E-state index in [4.69, 9.17) is 35.2 Å². The lowest BCUT2D eigenvalue weighted by Crippen LogP contribution is -2.51. The number of aliphatic carboxylic acids is 1. The zero-order valence-corrected chi connectivity index (χ0v) is 26.4. The van der Waals surface area contributed by atoms with E-state index < -0.39 is 71.3 Å². The molecule has 0 aromatic carbocycles. The van der Waals surface area contributed by atoms with E-state index in [1.54, 1.807) is 41.5 Å². The van der Waals surface area contributed by atoms with Gasteiger partial charge in [-0.2, -0.15) is 0 Å². The highest BCUT2D eigenvalue weighted by Gasteiger charge is 2.42. The highest BCUT2D eigenvalue weighted by atomic mass is 16.6. The molecule has 0 aliphatic carbocycles. The Balaban J connectivity index is 2.41. The Kier molecular flexibility index (Phi) is 16.3. The molecule has 1 aliphatic heterocycles. The molecule has 0 aromatic heterocycles. The minimum Gasteiger partial charge on any atom is -0.480 e. The highest BCUT2D eigenvalue weighted by Crippen LogP contribution is 2.24. The fraction of sp³-hybridized carbons (Fsp3) is 0.828. The number of ether oxygens (including phenoxy) is 5. The van der Waals surface area contributed by atoms with Crippen molar-refractivity contribution in [3.63, 3.8) is 0 Å². The summed E-state index contributed by atoms with van der Waals surface area (Å²) in [7, 11) is 0. The third kappa shape index (κ3) is 15.6. The van der Waals surface area contributed by atoms with Gasteiger partial charge in [-0.1, -0.05) is 0 Å². The molecule has 14 heteroatoms. The number of carboxylic acids is 1. The van der Waals surface area contributed by atoms with Gasteiger partial charge in [0.25, 0.3) is 0 Å². The average Bonchev–Trinajstić information content (AvgIpc) is 3.38. The number of carbonyl (C=O) groups excluding carboxylic acids is 4. The maximum Gasteiger partial charge on any atom is 0.326 e. The molecule has 2 unspecified atom stereocenters. The molecule has 0 saturated carbocycles. The van der Waals surface area contributed by atoms with E-state index in [1.807, 2.05) is 0 Å². The summed E-state index contributed by atoms with van der Waals surface area (Å²) in [5.41, 5.74) is 10.5. The van der Waals surface area contributed by atoms with Gasteiger partial charge in [-0.3, -0.25) is 19.2 Å². The van der Waals surface area contributed by atoms with Crippen LogP contribution < -0.4 is 11.5 Å². The number of nitrogens with zero attached hydrogens (tertiary/aromatic N) is 1. The van der Waals surface area contributed by atoms with Crippen LogP contribution in [-0.2, 0) is 47.7 Å². The van der Waals surface area contributed by atoms with E-state index in [0.29, 0.717) is 19.4 Å². The van der Waals surface area contributed by atoms with Crippen molar-refractivity contribution in [1.82, 2.24) is 4.90 Å². The molecule has 0 aromatic rings. The van der Waals surface area contributed by atoms with Crippen LogP contribution in [0.25, 0.3) is 0 Å². The Morgan fingerprint density at radius 3 is 1.91 bits per heavy atom. The first-order valence-corrected chi connectivity index (χ1v) is 14.7. The number of likely N-dealkylation sites (tertiary alicyclic amines) is 1. The molecule has 43 heavy (non-hydrogen) atoms. The lowest BCUT2D eigenvalue weighted by molar-refractivity contribution is -0.160. The fourth-order valence-corrected chi connectivity index (χ4v) is 4.24. The molecule has 248 valence electrons. The molecule has 5 N–H and O–H groups in total. The summed E-state index contributed by atoms with van der Waals surface area (Å²) in [6, 6.07) is -3.13. The molecule has 1 amide bonds. The van der Waals surface area contributed by atoms with Crippen LogP contribution >= 0.6 is 0 Å². The number of amides is 1. The molecule has 1 aliphatic rings. The van der Waals surface area contributed by atoms with Crippen LogP contribution in [0.1, 0.15) is 73.6 Å². The number of nitrogens with two attached hydrogens (primary N) is 2. The van der Waals surface area contributed by atoms with E-state index in [1.165, 1.54) is 4.90 Å². The van der Waals surface area contributed by atoms with E-state index >= 15 is 0 Å². The van der Waals surface area contributed by atoms with Crippen molar-refractivity contribution in [3.05, 3.63) is 0 Å². The predicted molar refractivity (Wildman–Crippen MR) is 155 cm³/mol. The smallest absolute Gasteiger partial charge is 0.326 e. The van der Waals surface area contributed by atoms with Gasteiger partial charge in [0.2, 0.25) is 5.91 Å². The molecular formula is C29H51N3O11. The highest BCUT2D eigenvalue weighted by molar-refractivity contribution is 5.95. The van der Waals surface area contributed by atoms with Gasteiger partial charge >= 0.3 is 17.9 Å². The van der Waals surface area contributed by atoms with Gasteiger partial charge in [0, 0.05) is 19.6 Å². The van der Waals surface area contributed by atoms with Gasteiger partial charge in [0.15, 0.2) is 5.78 Å². The molecule has 0 radical (unpaired) electrons. The van der Waals surface area contributed by atoms with Gasteiger partial charge in [0.1, 0.15) is 23.3 Å². The number of esters is 2. The van der Waals surface area contributed by atoms with Crippen molar-refractivity contribution in [2.45, 2.75) is 103 Å². The van der Waals surface area contributed by atoms with Crippen molar-refractivity contribution in [2.75, 3.05) is 46.2 Å². The maximum absolute atomic E-state index is 13.3. The molecule has 1 saturated heterocycles. The molecule has 1 fully saturated rings. The van der Waals surface area contributed by atoms with E-state index in [9.17, 15) is 29.1 Å². The lowest BCUT2D eigenvalue weighted by Gasteiger charge is -2.30. The normalized spacial score (nSPS) is 17.7. The fourth-order valence-electron chi connectivity index (χ4n) is 4.24. The van der Waals surface area contributed by atoms with Crippen molar-refractivity contribution in [2.24, 2.45) is 17.4 Å². The summed E-state index contributed by atoms with van der Waals surface area (Å²) in [6.07, 6.45) is 0.540. The maximum atomic E-state index is 13.3. The molecule has 1 heterocycles.